The fourth-order valence-electron chi connectivity index (χ4n) is 4.32. The molecule has 1 fully saturated rings. The Labute approximate surface area is 198 Å². The van der Waals surface area contributed by atoms with Crippen LogP contribution in [0.1, 0.15) is 41.9 Å². The highest BCUT2D eigenvalue weighted by atomic mass is 16.5. The van der Waals surface area contributed by atoms with Crippen molar-refractivity contribution >= 4 is 23.1 Å². The molecule has 4 rings (SSSR count). The molecule has 1 unspecified atom stereocenters. The summed E-state index contributed by atoms with van der Waals surface area (Å²) < 4.78 is 12.8. The number of likely N-dealkylation sites (tertiary alicyclic amines) is 1. The molecule has 0 bridgehead atoms. The molecule has 0 spiro atoms. The monoisotopic (exact) mass is 463 g/mol. The topological polar surface area (TPSA) is 93.4 Å². The Balaban J connectivity index is 1.89. The number of hydrogen-bond donors (Lipinski definition) is 1. The minimum absolute atomic E-state index is 0.0119. The molecule has 1 atom stereocenters. The molecule has 3 heterocycles. The summed E-state index contributed by atoms with van der Waals surface area (Å²) in [6.07, 6.45) is 2.70. The first-order valence-electron chi connectivity index (χ1n) is 11.3. The number of carbonyl (C=O) groups is 2. The summed E-state index contributed by atoms with van der Waals surface area (Å²) in [4.78, 5) is 32.3. The first-order valence-corrected chi connectivity index (χ1v) is 11.3. The van der Waals surface area contributed by atoms with Gasteiger partial charge in [-0.25, -0.2) is 4.98 Å². The number of benzene rings is 1. The molecule has 1 aromatic carbocycles. The summed E-state index contributed by atoms with van der Waals surface area (Å²) in [5, 5.41) is 11.4. The normalized spacial score (nSPS) is 17.6. The summed E-state index contributed by atoms with van der Waals surface area (Å²) in [5.41, 5.74) is 3.26. The number of aryl methyl sites for hydroxylation is 2. The van der Waals surface area contributed by atoms with Crippen LogP contribution >= 0.6 is 0 Å². The van der Waals surface area contributed by atoms with Crippen LogP contribution in [-0.2, 0) is 14.3 Å². The van der Waals surface area contributed by atoms with E-state index in [2.05, 4.69) is 4.98 Å². The van der Waals surface area contributed by atoms with Crippen LogP contribution in [0.4, 0.5) is 0 Å². The van der Waals surface area contributed by atoms with Crippen LogP contribution in [0.5, 0.6) is 5.75 Å². The van der Waals surface area contributed by atoms with E-state index in [0.29, 0.717) is 29.3 Å². The molecule has 178 valence electrons. The molecular weight excluding hydrogens is 434 g/mol. The van der Waals surface area contributed by atoms with Crippen molar-refractivity contribution in [3.63, 3.8) is 0 Å². The van der Waals surface area contributed by atoms with E-state index in [9.17, 15) is 14.7 Å². The Morgan fingerprint density at radius 3 is 2.65 bits per heavy atom. The molecule has 0 saturated carbocycles. The molecule has 0 aliphatic carbocycles. The van der Waals surface area contributed by atoms with Crippen LogP contribution in [0.15, 0.2) is 48.2 Å². The van der Waals surface area contributed by atoms with E-state index in [0.717, 1.165) is 12.0 Å². The smallest absolute Gasteiger partial charge is 0.295 e. The zero-order valence-corrected chi connectivity index (χ0v) is 19.9. The zero-order valence-electron chi connectivity index (χ0n) is 19.9. The Morgan fingerprint density at radius 2 is 1.94 bits per heavy atom. The van der Waals surface area contributed by atoms with Crippen molar-refractivity contribution in [2.24, 2.45) is 0 Å². The molecule has 1 N–H and O–H groups in total. The number of ketones is 1. The lowest BCUT2D eigenvalue weighted by Gasteiger charge is -2.25. The van der Waals surface area contributed by atoms with Crippen molar-refractivity contribution in [1.82, 2.24) is 14.3 Å². The molecule has 1 aliphatic heterocycles. The van der Waals surface area contributed by atoms with Crippen molar-refractivity contribution in [2.75, 3.05) is 26.9 Å². The molecule has 1 saturated heterocycles. The number of aliphatic hydroxyl groups excluding tert-OH is 1. The van der Waals surface area contributed by atoms with Gasteiger partial charge in [-0.1, -0.05) is 25.1 Å². The van der Waals surface area contributed by atoms with E-state index in [1.807, 2.05) is 61.7 Å². The number of aromatic nitrogens is 2. The number of amides is 1. The highest BCUT2D eigenvalue weighted by molar-refractivity contribution is 6.46. The van der Waals surface area contributed by atoms with Crippen molar-refractivity contribution in [3.8, 4) is 5.75 Å². The van der Waals surface area contributed by atoms with Gasteiger partial charge in [0.15, 0.2) is 5.76 Å². The largest absolute Gasteiger partial charge is 0.505 e. The zero-order chi connectivity index (χ0) is 24.4. The molecule has 0 radical (unpaired) electrons. The van der Waals surface area contributed by atoms with Gasteiger partial charge in [0.2, 0.25) is 0 Å². The average Bonchev–Trinajstić information content (AvgIpc) is 3.31. The molecule has 3 aromatic rings. The van der Waals surface area contributed by atoms with Crippen molar-refractivity contribution in [1.29, 1.82) is 0 Å². The summed E-state index contributed by atoms with van der Waals surface area (Å²) in [6, 6.07) is 10.3. The number of imidazole rings is 1. The molecule has 34 heavy (non-hydrogen) atoms. The SMILES string of the molecule is CCCOc1cccc(C2/C(=C(\O)c3nc4c(C)cccn4c3C)C(=O)C(=O)N2CCOC)c1. The number of carbonyl (C=O) groups excluding carboxylic acids is 2. The van der Waals surface area contributed by atoms with Gasteiger partial charge in [0, 0.05) is 19.9 Å². The van der Waals surface area contributed by atoms with E-state index in [1.54, 1.807) is 6.07 Å². The molecule has 2 aromatic heterocycles. The Bertz CT molecular complexity index is 1280. The maximum Gasteiger partial charge on any atom is 0.295 e. The third kappa shape index (κ3) is 4.05. The van der Waals surface area contributed by atoms with Crippen molar-refractivity contribution in [2.45, 2.75) is 33.2 Å². The number of rotatable bonds is 8. The minimum Gasteiger partial charge on any atom is -0.505 e. The number of Topliss-reactive ketones (excluding diaryl/α,β-unsaturated/α-hetero) is 1. The maximum atomic E-state index is 13.2. The van der Waals surface area contributed by atoms with E-state index < -0.39 is 17.7 Å². The van der Waals surface area contributed by atoms with Gasteiger partial charge in [0.1, 0.15) is 17.1 Å². The fraction of sp³-hybridized carbons (Fsp3) is 0.346. The number of hydrogen-bond acceptors (Lipinski definition) is 6. The van der Waals surface area contributed by atoms with Gasteiger partial charge in [-0.3, -0.25) is 9.59 Å². The summed E-state index contributed by atoms with van der Waals surface area (Å²) in [6.45, 7) is 6.77. The third-order valence-electron chi connectivity index (χ3n) is 6.03. The second-order valence-corrected chi connectivity index (χ2v) is 8.34. The second kappa shape index (κ2) is 9.69. The third-order valence-corrected chi connectivity index (χ3v) is 6.03. The molecule has 8 heteroatoms. The second-order valence-electron chi connectivity index (χ2n) is 8.34. The van der Waals surface area contributed by atoms with E-state index in [4.69, 9.17) is 9.47 Å². The van der Waals surface area contributed by atoms with Gasteiger partial charge < -0.3 is 23.9 Å². The van der Waals surface area contributed by atoms with Gasteiger partial charge in [-0.2, -0.15) is 0 Å². The summed E-state index contributed by atoms with van der Waals surface area (Å²) >= 11 is 0. The van der Waals surface area contributed by atoms with Crippen LogP contribution in [0.25, 0.3) is 11.4 Å². The number of fused-ring (bicyclic) bond motifs is 1. The molecule has 1 amide bonds. The number of aliphatic hydroxyl groups is 1. The van der Waals surface area contributed by atoms with Gasteiger partial charge in [-0.05, 0) is 49.6 Å². The number of ether oxygens (including phenoxy) is 2. The Kier molecular flexibility index (Phi) is 6.70. The van der Waals surface area contributed by atoms with Crippen LogP contribution < -0.4 is 4.74 Å². The Hall–Kier alpha value is -3.65. The first kappa shape index (κ1) is 23.5. The molecular formula is C26H29N3O5. The van der Waals surface area contributed by atoms with Crippen LogP contribution in [0, 0.1) is 13.8 Å². The number of pyridine rings is 1. The highest BCUT2D eigenvalue weighted by Gasteiger charge is 2.46. The molecule has 1 aliphatic rings. The fourth-order valence-corrected chi connectivity index (χ4v) is 4.32. The molecule has 8 nitrogen and oxygen atoms in total. The summed E-state index contributed by atoms with van der Waals surface area (Å²) in [5.74, 6) is -1.08. The lowest BCUT2D eigenvalue weighted by Crippen LogP contribution is -2.32. The maximum absolute atomic E-state index is 13.2. The van der Waals surface area contributed by atoms with Gasteiger partial charge in [0.05, 0.1) is 30.5 Å². The lowest BCUT2D eigenvalue weighted by molar-refractivity contribution is -0.140. The summed E-state index contributed by atoms with van der Waals surface area (Å²) in [7, 11) is 1.53. The van der Waals surface area contributed by atoms with Gasteiger partial charge >= 0.3 is 0 Å². The highest BCUT2D eigenvalue weighted by Crippen LogP contribution is 2.40. The standard InChI is InChI=1S/C26H29N3O5/c1-5-13-34-19-10-6-9-18(15-19)22-20(24(31)26(32)29(22)12-14-33-4)23(30)21-17(3)28-11-7-8-16(2)25(28)27-21/h6-11,15,22,30H,5,12-14H2,1-4H3/b23-20+. The quantitative estimate of drug-likeness (QED) is 0.310. The van der Waals surface area contributed by atoms with E-state index >= 15 is 0 Å². The van der Waals surface area contributed by atoms with Crippen LogP contribution in [0.3, 0.4) is 0 Å². The number of methoxy groups -OCH3 is 1. The Morgan fingerprint density at radius 1 is 1.15 bits per heavy atom. The van der Waals surface area contributed by atoms with E-state index in [1.165, 1.54) is 12.0 Å². The predicted octanol–water partition coefficient (Wildman–Crippen LogP) is 3.81. The van der Waals surface area contributed by atoms with Gasteiger partial charge in [0.25, 0.3) is 11.7 Å². The first-order chi connectivity index (χ1) is 16.4. The lowest BCUT2D eigenvalue weighted by atomic mass is 9.96. The number of nitrogens with zero attached hydrogens (tertiary/aromatic N) is 3. The minimum atomic E-state index is -0.786. The van der Waals surface area contributed by atoms with Crippen LogP contribution in [-0.4, -0.2) is 57.9 Å². The predicted molar refractivity (Wildman–Crippen MR) is 128 cm³/mol. The van der Waals surface area contributed by atoms with Gasteiger partial charge in [-0.15, -0.1) is 0 Å². The van der Waals surface area contributed by atoms with Crippen molar-refractivity contribution in [3.05, 3.63) is 70.7 Å². The van der Waals surface area contributed by atoms with Crippen molar-refractivity contribution < 1.29 is 24.2 Å². The van der Waals surface area contributed by atoms with Crippen LogP contribution in [0.2, 0.25) is 0 Å². The average molecular weight is 464 g/mol. The van der Waals surface area contributed by atoms with E-state index in [-0.39, 0.29) is 30.2 Å².